The van der Waals surface area contributed by atoms with Gasteiger partial charge in [-0.05, 0) is 24.1 Å². The summed E-state index contributed by atoms with van der Waals surface area (Å²) in [6.45, 7) is 1.11. The Labute approximate surface area is 118 Å². The molecular formula is C14H19ClN2O2. The number of halogens is 1. The molecule has 2 atom stereocenters. The van der Waals surface area contributed by atoms with Crippen LogP contribution in [-0.2, 0) is 16.0 Å². The molecule has 2 rings (SSSR count). The second-order valence-corrected chi connectivity index (χ2v) is 5.43. The van der Waals surface area contributed by atoms with E-state index in [4.69, 9.17) is 16.3 Å². The van der Waals surface area contributed by atoms with E-state index in [9.17, 15) is 4.79 Å². The number of nitrogens with one attached hydrogen (secondary N) is 1. The van der Waals surface area contributed by atoms with Crippen LogP contribution < -0.4 is 5.32 Å². The molecule has 1 aromatic rings. The molecule has 0 bridgehead atoms. The molecule has 5 heteroatoms. The van der Waals surface area contributed by atoms with Crippen molar-refractivity contribution in [1.29, 1.82) is 0 Å². The Morgan fingerprint density at radius 2 is 2.11 bits per heavy atom. The lowest BCUT2D eigenvalue weighted by atomic mass is 10.1. The minimum Gasteiger partial charge on any atom is -0.365 e. The average molecular weight is 283 g/mol. The summed E-state index contributed by atoms with van der Waals surface area (Å²) in [6.07, 6.45) is 0.511. The zero-order valence-corrected chi connectivity index (χ0v) is 12.0. The maximum absolute atomic E-state index is 11.7. The number of hydrogen-bond acceptors (Lipinski definition) is 3. The summed E-state index contributed by atoms with van der Waals surface area (Å²) < 4.78 is 5.63. The number of benzene rings is 1. The number of carbonyl (C=O) groups excluding carboxylic acids is 1. The van der Waals surface area contributed by atoms with Crippen LogP contribution in [-0.4, -0.2) is 50.2 Å². The first-order valence-electron chi connectivity index (χ1n) is 6.37. The zero-order chi connectivity index (χ0) is 13.8. The Bertz CT molecular complexity index is 426. The van der Waals surface area contributed by atoms with Crippen LogP contribution in [0.2, 0.25) is 5.02 Å². The Balaban J connectivity index is 1.83. The van der Waals surface area contributed by atoms with Crippen molar-refractivity contribution in [2.45, 2.75) is 18.6 Å². The highest BCUT2D eigenvalue weighted by Crippen LogP contribution is 2.13. The molecule has 1 aromatic carbocycles. The van der Waals surface area contributed by atoms with Gasteiger partial charge >= 0.3 is 0 Å². The van der Waals surface area contributed by atoms with Crippen LogP contribution in [0.3, 0.4) is 0 Å². The van der Waals surface area contributed by atoms with Crippen molar-refractivity contribution in [3.63, 3.8) is 0 Å². The van der Waals surface area contributed by atoms with E-state index >= 15 is 0 Å². The molecule has 0 aliphatic carbocycles. The lowest BCUT2D eigenvalue weighted by Crippen LogP contribution is -2.52. The van der Waals surface area contributed by atoms with Crippen LogP contribution in [0.25, 0.3) is 0 Å². The number of carbonyl (C=O) groups is 1. The van der Waals surface area contributed by atoms with Crippen molar-refractivity contribution < 1.29 is 9.53 Å². The van der Waals surface area contributed by atoms with Gasteiger partial charge in [0.25, 0.3) is 5.91 Å². The van der Waals surface area contributed by atoms with Gasteiger partial charge in [0.2, 0.25) is 0 Å². The first-order valence-corrected chi connectivity index (χ1v) is 6.74. The van der Waals surface area contributed by atoms with Crippen molar-refractivity contribution in [3.8, 4) is 0 Å². The van der Waals surface area contributed by atoms with E-state index < -0.39 is 0 Å². The van der Waals surface area contributed by atoms with Crippen LogP contribution in [0, 0.1) is 0 Å². The highest BCUT2D eigenvalue weighted by atomic mass is 35.5. The normalized spacial score (nSPS) is 23.1. The fraction of sp³-hybridized carbons (Fsp3) is 0.500. The van der Waals surface area contributed by atoms with Crippen LogP contribution >= 0.6 is 11.6 Å². The molecule has 0 radical (unpaired) electrons. The smallest absolute Gasteiger partial charge is 0.252 e. The van der Waals surface area contributed by atoms with Crippen LogP contribution in [0.1, 0.15) is 5.56 Å². The fourth-order valence-corrected chi connectivity index (χ4v) is 2.23. The van der Waals surface area contributed by atoms with Gasteiger partial charge in [-0.15, -0.1) is 0 Å². The summed E-state index contributed by atoms with van der Waals surface area (Å²) >= 11 is 5.86. The number of amides is 1. The van der Waals surface area contributed by atoms with Crippen molar-refractivity contribution in [3.05, 3.63) is 34.9 Å². The first-order chi connectivity index (χ1) is 9.06. The number of likely N-dealkylation sites (N-methyl/N-ethyl adjacent to an activating group) is 1. The Morgan fingerprint density at radius 3 is 2.63 bits per heavy atom. The molecular weight excluding hydrogens is 264 g/mol. The molecule has 0 spiro atoms. The van der Waals surface area contributed by atoms with Crippen molar-refractivity contribution in [1.82, 2.24) is 10.2 Å². The van der Waals surface area contributed by atoms with E-state index in [2.05, 4.69) is 5.32 Å². The van der Waals surface area contributed by atoms with Gasteiger partial charge in [0.15, 0.2) is 0 Å². The van der Waals surface area contributed by atoms with Crippen LogP contribution in [0.15, 0.2) is 24.3 Å². The van der Waals surface area contributed by atoms with Crippen LogP contribution in [0.5, 0.6) is 0 Å². The third kappa shape index (κ3) is 3.93. The first kappa shape index (κ1) is 14.3. The molecule has 0 saturated carbocycles. The summed E-state index contributed by atoms with van der Waals surface area (Å²) in [6, 6.07) is 8.05. The molecule has 1 amide bonds. The van der Waals surface area contributed by atoms with E-state index in [0.29, 0.717) is 13.2 Å². The molecule has 4 nitrogen and oxygen atoms in total. The molecule has 19 heavy (non-hydrogen) atoms. The number of morpholine rings is 1. The Hall–Kier alpha value is -1.10. The van der Waals surface area contributed by atoms with Gasteiger partial charge in [-0.3, -0.25) is 4.79 Å². The monoisotopic (exact) mass is 282 g/mol. The molecule has 1 N–H and O–H groups in total. The number of rotatable bonds is 3. The Morgan fingerprint density at radius 1 is 1.42 bits per heavy atom. The van der Waals surface area contributed by atoms with E-state index in [1.165, 1.54) is 5.56 Å². The summed E-state index contributed by atoms with van der Waals surface area (Å²) in [5, 5.41) is 4.11. The number of ether oxygens (including phenoxy) is 1. The maximum Gasteiger partial charge on any atom is 0.252 e. The molecule has 1 heterocycles. The number of nitrogens with zero attached hydrogens (tertiary/aromatic N) is 1. The Kier molecular flexibility index (Phi) is 4.80. The number of hydrogen-bond donors (Lipinski definition) is 1. The lowest BCUT2D eigenvalue weighted by Gasteiger charge is -2.31. The van der Waals surface area contributed by atoms with E-state index in [1.807, 2.05) is 24.3 Å². The SMILES string of the molecule is CN(C)C(=O)C1CNC(Cc2ccc(Cl)cc2)CO1. The maximum atomic E-state index is 11.7. The van der Waals surface area contributed by atoms with Gasteiger partial charge < -0.3 is 15.0 Å². The third-order valence-electron chi connectivity index (χ3n) is 3.20. The molecule has 2 unspecified atom stereocenters. The summed E-state index contributed by atoms with van der Waals surface area (Å²) in [4.78, 5) is 13.3. The van der Waals surface area contributed by atoms with E-state index in [1.54, 1.807) is 19.0 Å². The van der Waals surface area contributed by atoms with Crippen molar-refractivity contribution in [2.24, 2.45) is 0 Å². The topological polar surface area (TPSA) is 41.6 Å². The quantitative estimate of drug-likeness (QED) is 0.909. The highest BCUT2D eigenvalue weighted by molar-refractivity contribution is 6.30. The molecule has 1 saturated heterocycles. The molecule has 104 valence electrons. The van der Waals surface area contributed by atoms with Crippen molar-refractivity contribution >= 4 is 17.5 Å². The predicted octanol–water partition coefficient (Wildman–Crippen LogP) is 1.33. The molecule has 0 aromatic heterocycles. The predicted molar refractivity (Wildman–Crippen MR) is 75.4 cm³/mol. The fourth-order valence-electron chi connectivity index (χ4n) is 2.11. The van der Waals surface area contributed by atoms with Gasteiger partial charge in [-0.25, -0.2) is 0 Å². The molecule has 1 aliphatic rings. The third-order valence-corrected chi connectivity index (χ3v) is 3.45. The minimum atomic E-state index is -0.364. The highest BCUT2D eigenvalue weighted by Gasteiger charge is 2.27. The van der Waals surface area contributed by atoms with Gasteiger partial charge in [0.05, 0.1) is 6.61 Å². The summed E-state index contributed by atoms with van der Waals surface area (Å²) in [5.74, 6) is 0.0115. The molecule has 1 aliphatic heterocycles. The van der Waals surface area contributed by atoms with Gasteiger partial charge in [-0.1, -0.05) is 23.7 Å². The molecule has 1 fully saturated rings. The van der Waals surface area contributed by atoms with E-state index in [-0.39, 0.29) is 18.1 Å². The second kappa shape index (κ2) is 6.37. The largest absolute Gasteiger partial charge is 0.365 e. The van der Waals surface area contributed by atoms with Gasteiger partial charge in [0.1, 0.15) is 6.10 Å². The summed E-state index contributed by atoms with van der Waals surface area (Å²) in [5.41, 5.74) is 1.21. The minimum absolute atomic E-state index is 0.0115. The van der Waals surface area contributed by atoms with Crippen LogP contribution in [0.4, 0.5) is 0 Å². The lowest BCUT2D eigenvalue weighted by molar-refractivity contribution is -0.143. The van der Waals surface area contributed by atoms with Gasteiger partial charge in [-0.2, -0.15) is 0 Å². The van der Waals surface area contributed by atoms with Crippen molar-refractivity contribution in [2.75, 3.05) is 27.2 Å². The summed E-state index contributed by atoms with van der Waals surface area (Å²) in [7, 11) is 3.48. The second-order valence-electron chi connectivity index (χ2n) is 4.99. The average Bonchev–Trinajstić information content (AvgIpc) is 2.41. The standard InChI is InChI=1S/C14H19ClN2O2/c1-17(2)14(18)13-8-16-12(9-19-13)7-10-3-5-11(15)6-4-10/h3-6,12-13,16H,7-9H2,1-2H3. The van der Waals surface area contributed by atoms with E-state index in [0.717, 1.165) is 11.4 Å². The van der Waals surface area contributed by atoms with Gasteiger partial charge in [0, 0.05) is 31.7 Å². The zero-order valence-electron chi connectivity index (χ0n) is 11.2.